The SMILES string of the molecule is CCc1[nH]c(C(=O)/C(C#N)=C/N(C)C)cc1CC=C(C)C(C)NSC. The molecule has 0 amide bonds. The number of carbonyl (C=O) groups excluding carboxylic acids is 1. The third-order valence-electron chi connectivity index (χ3n) is 3.96. The van der Waals surface area contributed by atoms with Crippen LogP contribution < -0.4 is 4.72 Å². The Morgan fingerprint density at radius 1 is 1.52 bits per heavy atom. The summed E-state index contributed by atoms with van der Waals surface area (Å²) in [5.74, 6) is -0.268. The molecule has 0 aliphatic rings. The molecule has 5 nitrogen and oxygen atoms in total. The number of aryl methyl sites for hydroxylation is 1. The molecule has 136 valence electrons. The Balaban J connectivity index is 3.04. The van der Waals surface area contributed by atoms with Gasteiger partial charge in [0.05, 0.1) is 5.69 Å². The lowest BCUT2D eigenvalue weighted by Gasteiger charge is -2.12. The number of Topliss-reactive ketones (excluding diaryl/α,β-unsaturated/α-hetero) is 1. The Labute approximate surface area is 155 Å². The first-order valence-corrected chi connectivity index (χ1v) is 9.55. The van der Waals surface area contributed by atoms with E-state index >= 15 is 0 Å². The van der Waals surface area contributed by atoms with Gasteiger partial charge < -0.3 is 9.88 Å². The van der Waals surface area contributed by atoms with Gasteiger partial charge >= 0.3 is 0 Å². The fraction of sp³-hybridized carbons (Fsp3) is 0.474. The first kappa shape index (κ1) is 21.1. The number of ketones is 1. The summed E-state index contributed by atoms with van der Waals surface area (Å²) in [6, 6.07) is 4.16. The fourth-order valence-corrected chi connectivity index (χ4v) is 2.96. The second kappa shape index (κ2) is 10.1. The molecule has 0 fully saturated rings. The number of nitrogens with one attached hydrogen (secondary N) is 2. The van der Waals surface area contributed by atoms with Crippen LogP contribution in [0.2, 0.25) is 0 Å². The van der Waals surface area contributed by atoms with E-state index in [1.54, 1.807) is 37.1 Å². The maximum absolute atomic E-state index is 12.5. The molecule has 1 heterocycles. The molecule has 0 bridgehead atoms. The third kappa shape index (κ3) is 6.11. The first-order valence-electron chi connectivity index (χ1n) is 8.32. The van der Waals surface area contributed by atoms with Crippen molar-refractivity contribution < 1.29 is 4.79 Å². The molecule has 0 spiro atoms. The highest BCUT2D eigenvalue weighted by molar-refractivity contribution is 7.96. The molecule has 1 unspecified atom stereocenters. The molecule has 1 atom stereocenters. The average molecular weight is 361 g/mol. The van der Waals surface area contributed by atoms with E-state index in [4.69, 9.17) is 0 Å². The van der Waals surface area contributed by atoms with Gasteiger partial charge in [0, 0.05) is 32.0 Å². The van der Waals surface area contributed by atoms with E-state index in [0.717, 1.165) is 24.1 Å². The topological polar surface area (TPSA) is 71.9 Å². The van der Waals surface area contributed by atoms with Gasteiger partial charge in [-0.15, -0.1) is 0 Å². The number of hydrogen-bond acceptors (Lipinski definition) is 5. The van der Waals surface area contributed by atoms with Crippen molar-refractivity contribution in [1.29, 1.82) is 5.26 Å². The van der Waals surface area contributed by atoms with Gasteiger partial charge in [-0.2, -0.15) is 5.26 Å². The maximum atomic E-state index is 12.5. The van der Waals surface area contributed by atoms with Crippen LogP contribution in [0, 0.1) is 11.3 Å². The minimum atomic E-state index is -0.268. The monoisotopic (exact) mass is 360 g/mol. The molecule has 1 rings (SSSR count). The molecular formula is C19H28N4OS. The highest BCUT2D eigenvalue weighted by Crippen LogP contribution is 2.17. The third-order valence-corrected chi connectivity index (χ3v) is 4.55. The van der Waals surface area contributed by atoms with Crippen molar-refractivity contribution in [3.63, 3.8) is 0 Å². The van der Waals surface area contributed by atoms with Crippen molar-refractivity contribution >= 4 is 17.7 Å². The van der Waals surface area contributed by atoms with E-state index in [0.29, 0.717) is 11.7 Å². The number of hydrogen-bond donors (Lipinski definition) is 2. The molecule has 25 heavy (non-hydrogen) atoms. The van der Waals surface area contributed by atoms with Crippen LogP contribution in [0.1, 0.15) is 42.5 Å². The zero-order chi connectivity index (χ0) is 19.0. The number of nitriles is 1. The Bertz CT molecular complexity index is 695. The van der Waals surface area contributed by atoms with Crippen molar-refractivity contribution in [2.24, 2.45) is 0 Å². The summed E-state index contributed by atoms with van der Waals surface area (Å²) in [4.78, 5) is 17.4. The Hall–Kier alpha value is -1.97. The lowest BCUT2D eigenvalue weighted by Crippen LogP contribution is -2.19. The predicted molar refractivity (Wildman–Crippen MR) is 105 cm³/mol. The number of aromatic amines is 1. The van der Waals surface area contributed by atoms with Crippen molar-refractivity contribution in [2.45, 2.75) is 39.7 Å². The van der Waals surface area contributed by atoms with Crippen molar-refractivity contribution in [3.05, 3.63) is 46.4 Å². The normalized spacial score (nSPS) is 13.5. The molecule has 2 N–H and O–H groups in total. The zero-order valence-corrected chi connectivity index (χ0v) is 16.8. The molecule has 0 aromatic carbocycles. The van der Waals surface area contributed by atoms with Crippen LogP contribution in [-0.4, -0.2) is 42.1 Å². The maximum Gasteiger partial charge on any atom is 0.221 e. The van der Waals surface area contributed by atoms with Gasteiger partial charge in [-0.05, 0) is 44.6 Å². The summed E-state index contributed by atoms with van der Waals surface area (Å²) in [5, 5.41) is 9.23. The summed E-state index contributed by atoms with van der Waals surface area (Å²) in [7, 11) is 3.58. The van der Waals surface area contributed by atoms with E-state index in [1.807, 2.05) is 18.4 Å². The van der Waals surface area contributed by atoms with Crippen molar-refractivity contribution in [3.8, 4) is 6.07 Å². The minimum absolute atomic E-state index is 0.130. The molecule has 0 radical (unpaired) electrons. The van der Waals surface area contributed by atoms with Gasteiger partial charge in [-0.25, -0.2) is 0 Å². The summed E-state index contributed by atoms with van der Waals surface area (Å²) in [6.45, 7) is 6.28. The number of H-pyrrole nitrogens is 1. The second-order valence-electron chi connectivity index (χ2n) is 6.18. The minimum Gasteiger partial charge on any atom is -0.382 e. The highest BCUT2D eigenvalue weighted by Gasteiger charge is 2.17. The first-order chi connectivity index (χ1) is 11.8. The molecule has 0 saturated heterocycles. The lowest BCUT2D eigenvalue weighted by atomic mass is 10.0. The van der Waals surface area contributed by atoms with E-state index in [2.05, 4.69) is 36.6 Å². The summed E-state index contributed by atoms with van der Waals surface area (Å²) in [5.41, 5.74) is 4.01. The van der Waals surface area contributed by atoms with Crippen LogP contribution in [0.5, 0.6) is 0 Å². The lowest BCUT2D eigenvalue weighted by molar-refractivity contribution is 0.103. The van der Waals surface area contributed by atoms with Gasteiger partial charge in [0.1, 0.15) is 11.6 Å². The predicted octanol–water partition coefficient (Wildman–Crippen LogP) is 3.47. The van der Waals surface area contributed by atoms with E-state index < -0.39 is 0 Å². The second-order valence-corrected chi connectivity index (χ2v) is 6.83. The Morgan fingerprint density at radius 2 is 2.20 bits per heavy atom. The molecular weight excluding hydrogens is 332 g/mol. The van der Waals surface area contributed by atoms with Crippen LogP contribution in [0.15, 0.2) is 29.5 Å². The molecule has 0 aliphatic heterocycles. The standard InChI is InChI=1S/C19H28N4OS/c1-7-17-15(9-8-13(2)14(3)22-25-6)10-18(21-17)19(24)16(11-20)12-23(4)5/h8,10,12,14,21-22H,7,9H2,1-6H3/b13-8?,16-12+. The molecule has 0 aliphatic carbocycles. The van der Waals surface area contributed by atoms with Crippen molar-refractivity contribution in [1.82, 2.24) is 14.6 Å². The smallest absolute Gasteiger partial charge is 0.221 e. The molecule has 1 aromatic rings. The summed E-state index contributed by atoms with van der Waals surface area (Å²) < 4.78 is 3.31. The van der Waals surface area contributed by atoms with Crippen LogP contribution in [-0.2, 0) is 12.8 Å². The molecule has 1 aromatic heterocycles. The van der Waals surface area contributed by atoms with Gasteiger partial charge in [0.15, 0.2) is 0 Å². The van der Waals surface area contributed by atoms with E-state index in [-0.39, 0.29) is 11.4 Å². The van der Waals surface area contributed by atoms with E-state index in [1.165, 1.54) is 5.57 Å². The quantitative estimate of drug-likeness (QED) is 0.232. The number of aromatic nitrogens is 1. The number of rotatable bonds is 9. The fourth-order valence-electron chi connectivity index (χ4n) is 2.42. The number of nitrogens with zero attached hydrogens (tertiary/aromatic N) is 2. The highest BCUT2D eigenvalue weighted by atomic mass is 32.2. The summed E-state index contributed by atoms with van der Waals surface area (Å²) in [6.07, 6.45) is 7.32. The van der Waals surface area contributed by atoms with Gasteiger partial charge in [-0.3, -0.25) is 9.52 Å². The van der Waals surface area contributed by atoms with Crippen LogP contribution in [0.3, 0.4) is 0 Å². The summed E-state index contributed by atoms with van der Waals surface area (Å²) >= 11 is 1.60. The average Bonchev–Trinajstić information content (AvgIpc) is 3.00. The van der Waals surface area contributed by atoms with Crippen LogP contribution >= 0.6 is 11.9 Å². The zero-order valence-electron chi connectivity index (χ0n) is 15.9. The van der Waals surface area contributed by atoms with Gasteiger partial charge in [0.2, 0.25) is 5.78 Å². The Morgan fingerprint density at radius 3 is 2.72 bits per heavy atom. The van der Waals surface area contributed by atoms with E-state index in [9.17, 15) is 10.1 Å². The molecule has 0 saturated carbocycles. The number of allylic oxidation sites excluding steroid dienone is 2. The van der Waals surface area contributed by atoms with Crippen molar-refractivity contribution in [2.75, 3.05) is 20.4 Å². The van der Waals surface area contributed by atoms with Crippen LogP contribution in [0.25, 0.3) is 0 Å². The Kier molecular flexibility index (Phi) is 8.53. The van der Waals surface area contributed by atoms with Crippen LogP contribution in [0.4, 0.5) is 0 Å². The largest absolute Gasteiger partial charge is 0.382 e. The van der Waals surface area contributed by atoms with Gasteiger partial charge in [-0.1, -0.05) is 30.5 Å². The molecule has 6 heteroatoms. The number of carbonyl (C=O) groups is 1. The van der Waals surface area contributed by atoms with Gasteiger partial charge in [0.25, 0.3) is 0 Å².